The molecule has 0 bridgehead atoms. The van der Waals surface area contributed by atoms with Crippen molar-refractivity contribution in [1.82, 2.24) is 0 Å². The molecule has 0 heteroatoms. The molecule has 0 aliphatic rings. The lowest BCUT2D eigenvalue weighted by molar-refractivity contribution is 0.295. The SMILES string of the molecule is CC(C)[C@@H](C)[C@H](C)Cc1ccccc1. The number of benzene rings is 1. The summed E-state index contributed by atoms with van der Waals surface area (Å²) in [6.07, 6.45) is 1.21. The van der Waals surface area contributed by atoms with Gasteiger partial charge in [-0.05, 0) is 29.7 Å². The zero-order chi connectivity index (χ0) is 10.6. The molecule has 0 aromatic heterocycles. The Hall–Kier alpha value is -0.780. The van der Waals surface area contributed by atoms with Crippen LogP contribution in [-0.2, 0) is 6.42 Å². The van der Waals surface area contributed by atoms with Gasteiger partial charge >= 0.3 is 0 Å². The first-order chi connectivity index (χ1) is 6.61. The third-order valence-electron chi connectivity index (χ3n) is 3.35. The molecule has 0 nitrogen and oxygen atoms in total. The van der Waals surface area contributed by atoms with Crippen LogP contribution in [0.25, 0.3) is 0 Å². The maximum Gasteiger partial charge on any atom is -0.0250 e. The van der Waals surface area contributed by atoms with E-state index in [1.54, 1.807) is 0 Å². The highest BCUT2D eigenvalue weighted by atomic mass is 14.2. The van der Waals surface area contributed by atoms with Crippen LogP contribution in [-0.4, -0.2) is 0 Å². The Balaban J connectivity index is 2.53. The summed E-state index contributed by atoms with van der Waals surface area (Å²) < 4.78 is 0. The lowest BCUT2D eigenvalue weighted by Gasteiger charge is -2.23. The van der Waals surface area contributed by atoms with Gasteiger partial charge in [0.05, 0.1) is 0 Å². The monoisotopic (exact) mass is 190 g/mol. The summed E-state index contributed by atoms with van der Waals surface area (Å²) in [4.78, 5) is 0. The molecule has 0 spiro atoms. The maximum atomic E-state index is 2.36. The molecule has 1 aromatic carbocycles. The lowest BCUT2D eigenvalue weighted by atomic mass is 9.82. The molecule has 0 heterocycles. The summed E-state index contributed by atoms with van der Waals surface area (Å²) in [7, 11) is 0. The molecule has 0 N–H and O–H groups in total. The third kappa shape index (κ3) is 3.17. The van der Waals surface area contributed by atoms with Gasteiger partial charge < -0.3 is 0 Å². The van der Waals surface area contributed by atoms with Crippen LogP contribution in [0.5, 0.6) is 0 Å². The molecule has 0 unspecified atom stereocenters. The van der Waals surface area contributed by atoms with Gasteiger partial charge in [0.1, 0.15) is 0 Å². The Kier molecular flexibility index (Phi) is 4.19. The zero-order valence-corrected chi connectivity index (χ0v) is 9.83. The first kappa shape index (κ1) is 11.3. The van der Waals surface area contributed by atoms with Gasteiger partial charge in [-0.3, -0.25) is 0 Å². The van der Waals surface area contributed by atoms with Crippen molar-refractivity contribution in [3.63, 3.8) is 0 Å². The zero-order valence-electron chi connectivity index (χ0n) is 9.83. The van der Waals surface area contributed by atoms with E-state index >= 15 is 0 Å². The largest absolute Gasteiger partial charge is 0.0625 e. The Bertz CT molecular complexity index is 248. The molecule has 14 heavy (non-hydrogen) atoms. The summed E-state index contributed by atoms with van der Waals surface area (Å²) in [6.45, 7) is 9.34. The molecule has 0 saturated heterocycles. The molecule has 1 rings (SSSR count). The van der Waals surface area contributed by atoms with E-state index in [0.717, 1.165) is 17.8 Å². The van der Waals surface area contributed by atoms with Crippen LogP contribution in [0.3, 0.4) is 0 Å². The Morgan fingerprint density at radius 1 is 0.929 bits per heavy atom. The Morgan fingerprint density at radius 3 is 2.00 bits per heavy atom. The van der Waals surface area contributed by atoms with E-state index in [9.17, 15) is 0 Å². The van der Waals surface area contributed by atoms with Crippen LogP contribution >= 0.6 is 0 Å². The molecule has 0 amide bonds. The number of hydrogen-bond acceptors (Lipinski definition) is 0. The van der Waals surface area contributed by atoms with Gasteiger partial charge in [0.25, 0.3) is 0 Å². The molecule has 0 aliphatic heterocycles. The maximum absolute atomic E-state index is 2.36. The van der Waals surface area contributed by atoms with E-state index < -0.39 is 0 Å². The highest BCUT2D eigenvalue weighted by molar-refractivity contribution is 5.15. The molecule has 2 atom stereocenters. The van der Waals surface area contributed by atoms with Crippen LogP contribution in [0.2, 0.25) is 0 Å². The van der Waals surface area contributed by atoms with Crippen LogP contribution in [0.4, 0.5) is 0 Å². The second-order valence-electron chi connectivity index (χ2n) is 4.77. The first-order valence-corrected chi connectivity index (χ1v) is 5.65. The minimum Gasteiger partial charge on any atom is -0.0625 e. The van der Waals surface area contributed by atoms with Crippen molar-refractivity contribution in [2.45, 2.75) is 34.1 Å². The average Bonchev–Trinajstić information content (AvgIpc) is 2.18. The average molecular weight is 190 g/mol. The van der Waals surface area contributed by atoms with E-state index in [-0.39, 0.29) is 0 Å². The van der Waals surface area contributed by atoms with Gasteiger partial charge in [0.15, 0.2) is 0 Å². The Morgan fingerprint density at radius 2 is 1.50 bits per heavy atom. The first-order valence-electron chi connectivity index (χ1n) is 5.65. The quantitative estimate of drug-likeness (QED) is 0.669. The predicted octanol–water partition coefficient (Wildman–Crippen LogP) is 4.16. The molecular weight excluding hydrogens is 168 g/mol. The van der Waals surface area contributed by atoms with Crippen molar-refractivity contribution >= 4 is 0 Å². The fourth-order valence-electron chi connectivity index (χ4n) is 1.83. The van der Waals surface area contributed by atoms with Gasteiger partial charge in [-0.1, -0.05) is 58.0 Å². The normalized spacial score (nSPS) is 15.5. The van der Waals surface area contributed by atoms with Gasteiger partial charge in [-0.15, -0.1) is 0 Å². The molecule has 1 aromatic rings. The van der Waals surface area contributed by atoms with Gasteiger partial charge in [0, 0.05) is 0 Å². The third-order valence-corrected chi connectivity index (χ3v) is 3.35. The van der Waals surface area contributed by atoms with Gasteiger partial charge in [0.2, 0.25) is 0 Å². The summed E-state index contributed by atoms with van der Waals surface area (Å²) >= 11 is 0. The summed E-state index contributed by atoms with van der Waals surface area (Å²) in [5.74, 6) is 2.36. The topological polar surface area (TPSA) is 0 Å². The minimum absolute atomic E-state index is 0.775. The van der Waals surface area contributed by atoms with Crippen molar-refractivity contribution in [3.05, 3.63) is 35.9 Å². The Labute approximate surface area is 88.4 Å². The van der Waals surface area contributed by atoms with E-state index in [1.165, 1.54) is 12.0 Å². The van der Waals surface area contributed by atoms with Crippen LogP contribution in [0.15, 0.2) is 30.3 Å². The number of hydrogen-bond donors (Lipinski definition) is 0. The molecule has 0 aliphatic carbocycles. The van der Waals surface area contributed by atoms with Crippen molar-refractivity contribution in [2.24, 2.45) is 17.8 Å². The fourth-order valence-corrected chi connectivity index (χ4v) is 1.83. The van der Waals surface area contributed by atoms with E-state index in [1.807, 2.05) is 0 Å². The van der Waals surface area contributed by atoms with E-state index in [4.69, 9.17) is 0 Å². The fraction of sp³-hybridized carbons (Fsp3) is 0.571. The standard InChI is InChI=1S/C14H22/c1-11(2)13(4)12(3)10-14-8-6-5-7-9-14/h5-9,11-13H,10H2,1-4H3/t12-,13-/m1/s1. The number of rotatable bonds is 4. The van der Waals surface area contributed by atoms with Gasteiger partial charge in [-0.25, -0.2) is 0 Å². The van der Waals surface area contributed by atoms with Crippen molar-refractivity contribution in [1.29, 1.82) is 0 Å². The lowest BCUT2D eigenvalue weighted by Crippen LogP contribution is -2.16. The highest BCUT2D eigenvalue weighted by Gasteiger charge is 2.15. The molecule has 78 valence electrons. The highest BCUT2D eigenvalue weighted by Crippen LogP contribution is 2.23. The predicted molar refractivity (Wildman–Crippen MR) is 63.3 cm³/mol. The van der Waals surface area contributed by atoms with E-state index in [2.05, 4.69) is 58.0 Å². The molecular formula is C14H22. The second-order valence-corrected chi connectivity index (χ2v) is 4.77. The molecule has 0 radical (unpaired) electrons. The summed E-state index contributed by atoms with van der Waals surface area (Å²) in [5.41, 5.74) is 1.47. The van der Waals surface area contributed by atoms with Crippen molar-refractivity contribution in [2.75, 3.05) is 0 Å². The van der Waals surface area contributed by atoms with Crippen LogP contribution in [0.1, 0.15) is 33.3 Å². The molecule has 0 saturated carbocycles. The van der Waals surface area contributed by atoms with Crippen molar-refractivity contribution in [3.8, 4) is 0 Å². The van der Waals surface area contributed by atoms with Crippen LogP contribution < -0.4 is 0 Å². The van der Waals surface area contributed by atoms with Crippen molar-refractivity contribution < 1.29 is 0 Å². The minimum atomic E-state index is 0.775. The molecule has 0 fully saturated rings. The summed E-state index contributed by atoms with van der Waals surface area (Å²) in [5, 5.41) is 0. The van der Waals surface area contributed by atoms with Crippen LogP contribution in [0, 0.1) is 17.8 Å². The van der Waals surface area contributed by atoms with E-state index in [0.29, 0.717) is 0 Å². The van der Waals surface area contributed by atoms with Gasteiger partial charge in [-0.2, -0.15) is 0 Å². The second kappa shape index (κ2) is 5.19. The summed E-state index contributed by atoms with van der Waals surface area (Å²) in [6, 6.07) is 10.8. The smallest absolute Gasteiger partial charge is 0.0250 e.